The van der Waals surface area contributed by atoms with Crippen molar-refractivity contribution in [2.75, 3.05) is 0 Å². The zero-order valence-electron chi connectivity index (χ0n) is 20.0. The largest absolute Gasteiger partial charge is 0.457 e. The van der Waals surface area contributed by atoms with Crippen LogP contribution in [-0.4, -0.2) is 65.7 Å². The van der Waals surface area contributed by atoms with Crippen LogP contribution in [0.1, 0.15) is 60.8 Å². The Balaban J connectivity index is 2.27. The number of hydrogen-bond acceptors (Lipinski definition) is 9. The Morgan fingerprint density at radius 3 is 2.24 bits per heavy atom. The summed E-state index contributed by atoms with van der Waals surface area (Å²) in [6.45, 7) is 10.3. The lowest BCUT2D eigenvalue weighted by molar-refractivity contribution is -0.313. The lowest BCUT2D eigenvalue weighted by Gasteiger charge is -2.47. The van der Waals surface area contributed by atoms with Crippen molar-refractivity contribution in [1.82, 2.24) is 0 Å². The first kappa shape index (κ1) is 27.2. The fourth-order valence-electron chi connectivity index (χ4n) is 4.43. The van der Waals surface area contributed by atoms with Crippen molar-refractivity contribution >= 4 is 17.5 Å². The number of nitrogens with zero attached hydrogens (tertiary/aromatic N) is 3. The molecule has 2 aliphatic rings. The predicted octanol–water partition coefficient (Wildman–Crippen LogP) is 2.68. The van der Waals surface area contributed by atoms with Gasteiger partial charge >= 0.3 is 5.97 Å². The van der Waals surface area contributed by atoms with E-state index in [0.717, 1.165) is 6.42 Å². The molecule has 0 amide bonds. The minimum absolute atomic E-state index is 0.0190. The second kappa shape index (κ2) is 11.9. The number of rotatable bonds is 9. The third-order valence-corrected chi connectivity index (χ3v) is 6.67. The molecule has 33 heavy (non-hydrogen) atoms. The summed E-state index contributed by atoms with van der Waals surface area (Å²) in [5, 5.41) is 14.3. The average Bonchev–Trinajstić information content (AvgIpc) is 2.75. The summed E-state index contributed by atoms with van der Waals surface area (Å²) in [6, 6.07) is -0.643. The van der Waals surface area contributed by atoms with E-state index in [2.05, 4.69) is 10.0 Å². The minimum atomic E-state index is -1.54. The summed E-state index contributed by atoms with van der Waals surface area (Å²) in [4.78, 5) is 38.6. The monoisotopic (exact) mass is 469 g/mol. The van der Waals surface area contributed by atoms with Crippen molar-refractivity contribution in [3.05, 3.63) is 10.4 Å². The molecule has 2 rings (SSSR count). The van der Waals surface area contributed by atoms with Gasteiger partial charge in [-0.05, 0) is 37.6 Å². The quantitative estimate of drug-likeness (QED) is 0.234. The van der Waals surface area contributed by atoms with Crippen LogP contribution in [0.5, 0.6) is 0 Å². The molecule has 2 heterocycles. The third kappa shape index (κ3) is 6.51. The molecular weight excluding hydrogens is 434 g/mol. The van der Waals surface area contributed by atoms with Gasteiger partial charge in [-0.2, -0.15) is 0 Å². The number of azide groups is 1. The highest BCUT2D eigenvalue weighted by atomic mass is 16.7. The molecule has 1 N–H and O–H groups in total. The number of ether oxygens (including phenoxy) is 4. The van der Waals surface area contributed by atoms with Crippen molar-refractivity contribution < 1.29 is 38.4 Å². The normalized spacial score (nSPS) is 38.8. The number of carbonyl (C=O) groups excluding carboxylic acids is 3. The summed E-state index contributed by atoms with van der Waals surface area (Å²) in [5.74, 6) is -1.80. The predicted molar refractivity (Wildman–Crippen MR) is 116 cm³/mol. The number of carbonyl (C=O) groups is 3. The Morgan fingerprint density at radius 2 is 1.70 bits per heavy atom. The molecular formula is C22H35N3O8. The van der Waals surface area contributed by atoms with Gasteiger partial charge in [0.1, 0.15) is 18.0 Å². The summed E-state index contributed by atoms with van der Waals surface area (Å²) >= 11 is 0. The van der Waals surface area contributed by atoms with Crippen molar-refractivity contribution in [3.63, 3.8) is 0 Å². The molecule has 2 fully saturated rings. The second-order valence-corrected chi connectivity index (χ2v) is 9.04. The fourth-order valence-corrected chi connectivity index (χ4v) is 4.43. The summed E-state index contributed by atoms with van der Waals surface area (Å²) in [7, 11) is 0. The smallest absolute Gasteiger partial charge is 0.306 e. The van der Waals surface area contributed by atoms with E-state index in [1.807, 2.05) is 20.8 Å². The molecule has 2 aliphatic heterocycles. The molecule has 0 aliphatic carbocycles. The zero-order valence-corrected chi connectivity index (χ0v) is 20.0. The van der Waals surface area contributed by atoms with Gasteiger partial charge in [-0.25, -0.2) is 0 Å². The van der Waals surface area contributed by atoms with Gasteiger partial charge in [0.2, 0.25) is 0 Å². The van der Waals surface area contributed by atoms with Crippen molar-refractivity contribution in [1.29, 1.82) is 0 Å². The fraction of sp³-hybridized carbons (Fsp3) is 0.864. The topological polar surface area (TPSA) is 157 Å². The van der Waals surface area contributed by atoms with Gasteiger partial charge in [0.15, 0.2) is 24.5 Å². The highest BCUT2D eigenvalue weighted by molar-refractivity contribution is 5.82. The third-order valence-electron chi connectivity index (χ3n) is 6.67. The number of aliphatic hydroxyl groups excluding tert-OH is 1. The van der Waals surface area contributed by atoms with Crippen LogP contribution in [0.25, 0.3) is 10.4 Å². The summed E-state index contributed by atoms with van der Waals surface area (Å²) in [6.07, 6.45) is -5.21. The zero-order chi connectivity index (χ0) is 24.9. The van der Waals surface area contributed by atoms with Gasteiger partial charge in [0, 0.05) is 17.3 Å². The minimum Gasteiger partial charge on any atom is -0.457 e. The van der Waals surface area contributed by atoms with Gasteiger partial charge in [-0.15, -0.1) is 0 Å². The molecule has 0 aromatic rings. The highest BCUT2D eigenvalue weighted by Gasteiger charge is 2.50. The maximum Gasteiger partial charge on any atom is 0.306 e. The molecule has 186 valence electrons. The van der Waals surface area contributed by atoms with E-state index < -0.39 is 48.8 Å². The van der Waals surface area contributed by atoms with Crippen LogP contribution in [0.15, 0.2) is 5.11 Å². The molecule has 10 atom stereocenters. The molecule has 11 nitrogen and oxygen atoms in total. The lowest BCUT2D eigenvalue weighted by Crippen LogP contribution is -2.60. The summed E-state index contributed by atoms with van der Waals surface area (Å²) < 4.78 is 23.2. The van der Waals surface area contributed by atoms with Gasteiger partial charge in [-0.3, -0.25) is 9.59 Å². The Kier molecular flexibility index (Phi) is 9.81. The Hall–Kier alpha value is -2.04. The van der Waals surface area contributed by atoms with E-state index >= 15 is 0 Å². The number of hydrogen-bond donors (Lipinski definition) is 1. The molecule has 0 bridgehead atoms. The average molecular weight is 470 g/mol. The molecule has 0 radical (unpaired) electrons. The molecule has 2 saturated heterocycles. The number of ketones is 2. The standard InChI is InChI=1S/C22H35N3O8/c1-7-15-11(3)12(4)17(24-25-23)22(30-15)33-18-13(5)19(21(29)32-20(18)14(6)27)31-16(28)9-8-10(2)26/h11-13,15,17-22,29H,7-9H2,1-6H3/t11-,12?,13?,15-,17-,18-,19-,20-,21?,22+/m0/s1. The second-order valence-electron chi connectivity index (χ2n) is 9.04. The van der Waals surface area contributed by atoms with E-state index in [1.165, 1.54) is 13.8 Å². The van der Waals surface area contributed by atoms with Crippen LogP contribution in [0.4, 0.5) is 0 Å². The van der Waals surface area contributed by atoms with E-state index in [1.54, 1.807) is 6.92 Å². The van der Waals surface area contributed by atoms with Crippen LogP contribution < -0.4 is 0 Å². The maximum atomic E-state index is 12.3. The van der Waals surface area contributed by atoms with Gasteiger partial charge in [0.25, 0.3) is 0 Å². The maximum absolute atomic E-state index is 12.3. The van der Waals surface area contributed by atoms with Crippen LogP contribution >= 0.6 is 0 Å². The molecule has 3 unspecified atom stereocenters. The highest BCUT2D eigenvalue weighted by Crippen LogP contribution is 2.38. The number of Topliss-reactive ketones (excluding diaryl/α,β-unsaturated/α-hetero) is 2. The SMILES string of the molecule is CC[C@@H]1O[C@H](O[C@H]2C(C)[C@H](OC(=O)CCC(C)=O)C(O)O[C@H]2C(C)=O)[C@@H](N=[N+]=[N-])C(C)[C@@H]1C. The van der Waals surface area contributed by atoms with Gasteiger partial charge in [-0.1, -0.05) is 32.8 Å². The molecule has 0 aromatic heterocycles. The molecule has 0 spiro atoms. The first-order chi connectivity index (χ1) is 15.5. The van der Waals surface area contributed by atoms with Crippen molar-refractivity contribution in [2.24, 2.45) is 22.9 Å². The number of esters is 1. The van der Waals surface area contributed by atoms with E-state index in [9.17, 15) is 19.5 Å². The number of aliphatic hydroxyl groups is 1. The first-order valence-corrected chi connectivity index (χ1v) is 11.4. The molecule has 0 saturated carbocycles. The van der Waals surface area contributed by atoms with Crippen LogP contribution in [-0.2, 0) is 33.3 Å². The van der Waals surface area contributed by atoms with Gasteiger partial charge in [0.05, 0.1) is 18.6 Å². The first-order valence-electron chi connectivity index (χ1n) is 11.4. The van der Waals surface area contributed by atoms with E-state index in [-0.39, 0.29) is 42.3 Å². The Bertz CT molecular complexity index is 771. The molecule has 0 aromatic carbocycles. The van der Waals surface area contributed by atoms with Crippen LogP contribution in [0.3, 0.4) is 0 Å². The van der Waals surface area contributed by atoms with Gasteiger partial charge < -0.3 is 28.8 Å². The Labute approximate surface area is 193 Å². The van der Waals surface area contributed by atoms with Crippen LogP contribution in [0.2, 0.25) is 0 Å². The van der Waals surface area contributed by atoms with Crippen LogP contribution in [0, 0.1) is 17.8 Å². The van der Waals surface area contributed by atoms with E-state index in [4.69, 9.17) is 24.5 Å². The lowest BCUT2D eigenvalue weighted by atomic mass is 9.81. The van der Waals surface area contributed by atoms with Crippen molar-refractivity contribution in [2.45, 2.75) is 104 Å². The molecule has 11 heteroatoms. The van der Waals surface area contributed by atoms with Crippen molar-refractivity contribution in [3.8, 4) is 0 Å². The summed E-state index contributed by atoms with van der Waals surface area (Å²) in [5.41, 5.74) is 9.08. The Morgan fingerprint density at radius 1 is 1.03 bits per heavy atom. The van der Waals surface area contributed by atoms with E-state index in [0.29, 0.717) is 0 Å².